The Balaban J connectivity index is 2.57. The lowest BCUT2D eigenvalue weighted by Gasteiger charge is -2.14. The van der Waals surface area contributed by atoms with Gasteiger partial charge in [0, 0.05) is 0 Å². The zero-order valence-corrected chi connectivity index (χ0v) is 10.4. The van der Waals surface area contributed by atoms with Crippen molar-refractivity contribution >= 4 is 15.9 Å². The molecule has 0 fully saturated rings. The van der Waals surface area contributed by atoms with Crippen LogP contribution < -0.4 is 5.32 Å². The molecule has 1 atom stereocenters. The molecule has 1 heterocycles. The summed E-state index contributed by atoms with van der Waals surface area (Å²) < 4.78 is 6.36. The largest absolute Gasteiger partial charge is 0.453 e. The zero-order valence-electron chi connectivity index (χ0n) is 8.85. The Labute approximate surface area is 94.2 Å². The molecule has 0 bridgehead atoms. The summed E-state index contributed by atoms with van der Waals surface area (Å²) in [6.45, 7) is 5.41. The minimum Gasteiger partial charge on any atom is -0.453 e. The van der Waals surface area contributed by atoms with Crippen molar-refractivity contribution in [3.8, 4) is 0 Å². The highest BCUT2D eigenvalue weighted by Gasteiger charge is 2.12. The Hall–Kier alpha value is -0.280. The Morgan fingerprint density at radius 2 is 2.14 bits per heavy atom. The average Bonchev–Trinajstić information content (AvgIpc) is 2.59. The van der Waals surface area contributed by atoms with Gasteiger partial charge in [-0.1, -0.05) is 20.3 Å². The fourth-order valence-corrected chi connectivity index (χ4v) is 1.79. The van der Waals surface area contributed by atoms with Crippen LogP contribution in [0.3, 0.4) is 0 Å². The Kier molecular flexibility index (Phi) is 5.26. The molecule has 14 heavy (non-hydrogen) atoms. The van der Waals surface area contributed by atoms with Gasteiger partial charge in [-0.15, -0.1) is 0 Å². The van der Waals surface area contributed by atoms with Crippen LogP contribution >= 0.6 is 15.9 Å². The van der Waals surface area contributed by atoms with Crippen LogP contribution in [0.25, 0.3) is 0 Å². The molecule has 0 spiro atoms. The van der Waals surface area contributed by atoms with Crippen LogP contribution in [-0.2, 0) is 0 Å². The molecule has 0 amide bonds. The highest BCUT2D eigenvalue weighted by molar-refractivity contribution is 9.10. The lowest BCUT2D eigenvalue weighted by Crippen LogP contribution is -2.21. The van der Waals surface area contributed by atoms with Crippen LogP contribution in [0.2, 0.25) is 0 Å². The van der Waals surface area contributed by atoms with E-state index >= 15 is 0 Å². The van der Waals surface area contributed by atoms with Crippen LogP contribution in [0.4, 0.5) is 0 Å². The number of rotatable bonds is 6. The number of nitrogens with one attached hydrogen (secondary N) is 1. The third kappa shape index (κ3) is 3.46. The first-order valence-electron chi connectivity index (χ1n) is 5.26. The van der Waals surface area contributed by atoms with E-state index in [1.165, 1.54) is 6.42 Å². The van der Waals surface area contributed by atoms with Crippen molar-refractivity contribution in [3.63, 3.8) is 0 Å². The SMILES string of the molecule is CCCNC(CCC)c1ccc(Br)o1. The summed E-state index contributed by atoms with van der Waals surface area (Å²) in [5.41, 5.74) is 0. The third-order valence-electron chi connectivity index (χ3n) is 2.16. The van der Waals surface area contributed by atoms with Crippen molar-refractivity contribution in [2.24, 2.45) is 0 Å². The molecule has 80 valence electrons. The van der Waals surface area contributed by atoms with Crippen LogP contribution in [0.1, 0.15) is 44.9 Å². The van der Waals surface area contributed by atoms with Gasteiger partial charge in [0.15, 0.2) is 4.67 Å². The van der Waals surface area contributed by atoms with Crippen LogP contribution in [0.15, 0.2) is 21.2 Å². The number of halogens is 1. The molecule has 0 aliphatic rings. The van der Waals surface area contributed by atoms with E-state index < -0.39 is 0 Å². The summed E-state index contributed by atoms with van der Waals surface area (Å²) in [4.78, 5) is 0. The predicted molar refractivity (Wildman–Crippen MR) is 62.4 cm³/mol. The molecule has 1 N–H and O–H groups in total. The highest BCUT2D eigenvalue weighted by Crippen LogP contribution is 2.23. The minimum atomic E-state index is 0.367. The average molecular weight is 260 g/mol. The Morgan fingerprint density at radius 1 is 1.36 bits per heavy atom. The second-order valence-corrected chi connectivity index (χ2v) is 4.22. The van der Waals surface area contributed by atoms with Gasteiger partial charge in [-0.25, -0.2) is 0 Å². The second-order valence-electron chi connectivity index (χ2n) is 3.44. The fraction of sp³-hybridized carbons (Fsp3) is 0.636. The third-order valence-corrected chi connectivity index (χ3v) is 2.58. The molecular weight excluding hydrogens is 242 g/mol. The van der Waals surface area contributed by atoms with E-state index in [0.29, 0.717) is 6.04 Å². The maximum absolute atomic E-state index is 5.55. The smallest absolute Gasteiger partial charge is 0.169 e. The van der Waals surface area contributed by atoms with Gasteiger partial charge in [-0.2, -0.15) is 0 Å². The summed E-state index contributed by atoms with van der Waals surface area (Å²) >= 11 is 3.33. The molecule has 0 aromatic carbocycles. The summed E-state index contributed by atoms with van der Waals surface area (Å²) in [6, 6.07) is 4.35. The van der Waals surface area contributed by atoms with E-state index in [1.54, 1.807) is 0 Å². The Morgan fingerprint density at radius 3 is 2.64 bits per heavy atom. The molecule has 0 saturated carbocycles. The number of hydrogen-bond acceptors (Lipinski definition) is 2. The van der Waals surface area contributed by atoms with Gasteiger partial charge in [-0.3, -0.25) is 0 Å². The van der Waals surface area contributed by atoms with Crippen molar-refractivity contribution < 1.29 is 4.42 Å². The van der Waals surface area contributed by atoms with E-state index in [4.69, 9.17) is 4.42 Å². The summed E-state index contributed by atoms with van der Waals surface area (Å²) in [7, 11) is 0. The molecule has 3 heteroatoms. The van der Waals surface area contributed by atoms with Gasteiger partial charge in [0.2, 0.25) is 0 Å². The fourth-order valence-electron chi connectivity index (χ4n) is 1.47. The number of furan rings is 1. The summed E-state index contributed by atoms with van der Waals surface area (Å²) in [5.74, 6) is 1.03. The molecule has 0 radical (unpaired) electrons. The van der Waals surface area contributed by atoms with Gasteiger partial charge < -0.3 is 9.73 Å². The molecule has 1 aromatic heterocycles. The van der Waals surface area contributed by atoms with Crippen molar-refractivity contribution in [1.82, 2.24) is 5.32 Å². The van der Waals surface area contributed by atoms with Crippen LogP contribution in [-0.4, -0.2) is 6.54 Å². The second kappa shape index (κ2) is 6.25. The summed E-state index contributed by atoms with van der Waals surface area (Å²) in [6.07, 6.45) is 3.45. The molecule has 1 unspecified atom stereocenters. The summed E-state index contributed by atoms with van der Waals surface area (Å²) in [5, 5.41) is 3.49. The lowest BCUT2D eigenvalue weighted by atomic mass is 10.1. The van der Waals surface area contributed by atoms with Gasteiger partial charge in [-0.05, 0) is 47.4 Å². The molecule has 0 saturated heterocycles. The molecule has 0 aliphatic heterocycles. The molecule has 1 aromatic rings. The van der Waals surface area contributed by atoms with Gasteiger partial charge in [0.1, 0.15) is 5.76 Å². The first-order valence-corrected chi connectivity index (χ1v) is 6.05. The van der Waals surface area contributed by atoms with Crippen molar-refractivity contribution in [2.75, 3.05) is 6.54 Å². The van der Waals surface area contributed by atoms with E-state index in [2.05, 4.69) is 35.1 Å². The van der Waals surface area contributed by atoms with Gasteiger partial charge >= 0.3 is 0 Å². The van der Waals surface area contributed by atoms with E-state index in [9.17, 15) is 0 Å². The lowest BCUT2D eigenvalue weighted by molar-refractivity contribution is 0.384. The quantitative estimate of drug-likeness (QED) is 0.839. The monoisotopic (exact) mass is 259 g/mol. The molecule has 1 rings (SSSR count). The highest BCUT2D eigenvalue weighted by atomic mass is 79.9. The van der Waals surface area contributed by atoms with Crippen LogP contribution in [0, 0.1) is 0 Å². The van der Waals surface area contributed by atoms with E-state index in [-0.39, 0.29) is 0 Å². The van der Waals surface area contributed by atoms with E-state index in [0.717, 1.165) is 29.8 Å². The normalized spacial score (nSPS) is 13.1. The van der Waals surface area contributed by atoms with E-state index in [1.807, 2.05) is 12.1 Å². The first kappa shape index (κ1) is 11.8. The van der Waals surface area contributed by atoms with Gasteiger partial charge in [0.05, 0.1) is 6.04 Å². The maximum Gasteiger partial charge on any atom is 0.169 e. The topological polar surface area (TPSA) is 25.2 Å². The number of hydrogen-bond donors (Lipinski definition) is 1. The molecule has 0 aliphatic carbocycles. The van der Waals surface area contributed by atoms with Crippen molar-refractivity contribution in [1.29, 1.82) is 0 Å². The maximum atomic E-state index is 5.55. The van der Waals surface area contributed by atoms with Crippen molar-refractivity contribution in [2.45, 2.75) is 39.2 Å². The predicted octanol–water partition coefficient (Wildman–Crippen LogP) is 3.88. The molecular formula is C11H18BrNO. The Bertz CT molecular complexity index is 260. The zero-order chi connectivity index (χ0) is 10.4. The standard InChI is InChI=1S/C11H18BrNO/c1-3-5-9(13-8-4-2)10-6-7-11(12)14-10/h6-7,9,13H,3-5,8H2,1-2H3. The van der Waals surface area contributed by atoms with Crippen molar-refractivity contribution in [3.05, 3.63) is 22.6 Å². The molecule has 2 nitrogen and oxygen atoms in total. The minimum absolute atomic E-state index is 0.367. The first-order chi connectivity index (χ1) is 6.77. The van der Waals surface area contributed by atoms with Crippen LogP contribution in [0.5, 0.6) is 0 Å². The van der Waals surface area contributed by atoms with Gasteiger partial charge in [0.25, 0.3) is 0 Å².